The molecule has 3 N–H and O–H groups in total. The van der Waals surface area contributed by atoms with Crippen molar-refractivity contribution in [3.05, 3.63) is 122 Å². The van der Waals surface area contributed by atoms with Gasteiger partial charge in [0.2, 0.25) is 5.91 Å². The Kier molecular flexibility index (Phi) is 40.1. The van der Waals surface area contributed by atoms with Gasteiger partial charge in [-0.1, -0.05) is 174 Å². The van der Waals surface area contributed by atoms with Crippen molar-refractivity contribution >= 4 is 13.7 Å². The Morgan fingerprint density at radius 3 is 1.51 bits per heavy atom. The van der Waals surface area contributed by atoms with Gasteiger partial charge in [0.25, 0.3) is 0 Å². The van der Waals surface area contributed by atoms with E-state index < -0.39 is 20.0 Å². The van der Waals surface area contributed by atoms with Gasteiger partial charge >= 0.3 is 7.82 Å². The number of nitrogens with one attached hydrogen (secondary N) is 1. The Labute approximate surface area is 374 Å². The lowest BCUT2D eigenvalue weighted by atomic mass is 10.1. The van der Waals surface area contributed by atoms with Crippen LogP contribution in [-0.2, 0) is 18.4 Å². The van der Waals surface area contributed by atoms with Crippen LogP contribution in [0, 0.1) is 0 Å². The molecule has 0 aromatic rings. The maximum Gasteiger partial charge on any atom is 0.472 e. The number of phosphoric acid groups is 1. The van der Waals surface area contributed by atoms with Crippen molar-refractivity contribution in [3.8, 4) is 0 Å². The Hall–Kier alpha value is -3.10. The Balaban J connectivity index is 4.22. The SMILES string of the molecule is CC/C=C\C/C=C\C/C=C\C/C=C\C/C=C\C/C=C\C/C=C\C/C=C\CCCCCCCCC(=O)NC(COP(=O)(O)OCC[N+](C)(C)C)C(O)/C=C/CC/C=C/CCCC. The first-order chi connectivity index (χ1) is 29.5. The van der Waals surface area contributed by atoms with Crippen molar-refractivity contribution in [3.63, 3.8) is 0 Å². The largest absolute Gasteiger partial charge is 0.472 e. The average Bonchev–Trinajstić information content (AvgIpc) is 3.21. The molecule has 0 saturated carbocycles. The molecule has 1 amide bonds. The number of aliphatic hydroxyl groups is 1. The molecule has 0 heterocycles. The summed E-state index contributed by atoms with van der Waals surface area (Å²) in [4.78, 5) is 23.0. The molecule has 0 aliphatic rings. The molecule has 0 bridgehead atoms. The molecule has 0 aromatic carbocycles. The zero-order chi connectivity index (χ0) is 45.0. The van der Waals surface area contributed by atoms with E-state index in [9.17, 15) is 19.4 Å². The molecule has 0 aliphatic heterocycles. The third kappa shape index (κ3) is 44.8. The molecular formula is C52H88N2O6P+. The molecule has 3 unspecified atom stereocenters. The van der Waals surface area contributed by atoms with E-state index in [1.165, 1.54) is 19.3 Å². The molecule has 0 radical (unpaired) electrons. The maximum atomic E-state index is 12.8. The Bertz CT molecular complexity index is 1400. The number of unbranched alkanes of at least 4 members (excludes halogenated alkanes) is 9. The highest BCUT2D eigenvalue weighted by atomic mass is 31.2. The van der Waals surface area contributed by atoms with Crippen LogP contribution < -0.4 is 5.32 Å². The van der Waals surface area contributed by atoms with Crippen molar-refractivity contribution in [1.82, 2.24) is 5.32 Å². The molecule has 0 aliphatic carbocycles. The first kappa shape index (κ1) is 57.9. The highest BCUT2D eigenvalue weighted by Crippen LogP contribution is 2.43. The zero-order valence-electron chi connectivity index (χ0n) is 39.1. The van der Waals surface area contributed by atoms with Crippen LogP contribution in [0.2, 0.25) is 0 Å². The van der Waals surface area contributed by atoms with Gasteiger partial charge in [0.1, 0.15) is 13.2 Å². The van der Waals surface area contributed by atoms with Gasteiger partial charge in [0, 0.05) is 6.42 Å². The van der Waals surface area contributed by atoms with Crippen LogP contribution in [0.15, 0.2) is 122 Å². The minimum atomic E-state index is -4.35. The first-order valence-corrected chi connectivity index (χ1v) is 24.9. The summed E-state index contributed by atoms with van der Waals surface area (Å²) >= 11 is 0. The molecule has 0 fully saturated rings. The number of rotatable bonds is 40. The molecule has 0 aromatic heterocycles. The normalized spacial score (nSPS) is 15.3. The van der Waals surface area contributed by atoms with Gasteiger partial charge in [-0.15, -0.1) is 0 Å². The smallest absolute Gasteiger partial charge is 0.387 e. The van der Waals surface area contributed by atoms with E-state index in [4.69, 9.17) is 9.05 Å². The molecule has 0 rings (SSSR count). The summed E-state index contributed by atoms with van der Waals surface area (Å²) in [7, 11) is 1.52. The number of likely N-dealkylation sites (N-methyl/N-ethyl adjacent to an activating group) is 1. The quantitative estimate of drug-likeness (QED) is 0.0245. The monoisotopic (exact) mass is 868 g/mol. The van der Waals surface area contributed by atoms with Gasteiger partial charge in [0.05, 0.1) is 39.9 Å². The number of quaternary nitrogens is 1. The van der Waals surface area contributed by atoms with Crippen LogP contribution in [0.5, 0.6) is 0 Å². The summed E-state index contributed by atoms with van der Waals surface area (Å²) in [6.07, 6.45) is 63.0. The van der Waals surface area contributed by atoms with Crippen LogP contribution in [0.3, 0.4) is 0 Å². The highest BCUT2D eigenvalue weighted by Gasteiger charge is 2.27. The molecular weight excluding hydrogens is 780 g/mol. The number of allylic oxidation sites excluding steroid dienone is 19. The number of hydrogen-bond donors (Lipinski definition) is 3. The summed E-state index contributed by atoms with van der Waals surface area (Å²) in [6.45, 7) is 4.55. The Morgan fingerprint density at radius 2 is 1.00 bits per heavy atom. The van der Waals surface area contributed by atoms with Gasteiger partial charge in [0.15, 0.2) is 0 Å². The molecule has 8 nitrogen and oxygen atoms in total. The molecule has 0 saturated heterocycles. The lowest BCUT2D eigenvalue weighted by Crippen LogP contribution is -2.45. The van der Waals surface area contributed by atoms with Crippen molar-refractivity contribution in [2.45, 2.75) is 161 Å². The summed E-state index contributed by atoms with van der Waals surface area (Å²) in [5, 5.41) is 13.7. The third-order valence-corrected chi connectivity index (χ3v) is 10.4. The zero-order valence-corrected chi connectivity index (χ0v) is 40.0. The van der Waals surface area contributed by atoms with Crippen LogP contribution in [0.1, 0.15) is 149 Å². The predicted octanol–water partition coefficient (Wildman–Crippen LogP) is 13.5. The van der Waals surface area contributed by atoms with E-state index >= 15 is 0 Å². The predicted molar refractivity (Wildman–Crippen MR) is 262 cm³/mol. The lowest BCUT2D eigenvalue weighted by molar-refractivity contribution is -0.870. The molecule has 346 valence electrons. The molecule has 9 heteroatoms. The van der Waals surface area contributed by atoms with Crippen molar-refractivity contribution in [2.75, 3.05) is 40.9 Å². The van der Waals surface area contributed by atoms with E-state index in [2.05, 4.69) is 129 Å². The van der Waals surface area contributed by atoms with E-state index in [1.54, 1.807) is 6.08 Å². The van der Waals surface area contributed by atoms with Crippen molar-refractivity contribution < 1.29 is 32.9 Å². The minimum Gasteiger partial charge on any atom is -0.387 e. The fraction of sp³-hybridized carbons (Fsp3) is 0.596. The number of aliphatic hydroxyl groups excluding tert-OH is 1. The van der Waals surface area contributed by atoms with E-state index in [0.717, 1.165) is 109 Å². The van der Waals surface area contributed by atoms with Crippen LogP contribution in [0.4, 0.5) is 0 Å². The summed E-state index contributed by atoms with van der Waals surface area (Å²) < 4.78 is 23.4. The summed E-state index contributed by atoms with van der Waals surface area (Å²) in [5.74, 6) is -0.213. The van der Waals surface area contributed by atoms with Gasteiger partial charge in [-0.05, 0) is 89.9 Å². The number of hydrogen-bond acceptors (Lipinski definition) is 5. The maximum absolute atomic E-state index is 12.8. The fourth-order valence-corrected chi connectivity index (χ4v) is 6.44. The number of carbonyl (C=O) groups is 1. The number of amides is 1. The van der Waals surface area contributed by atoms with Crippen molar-refractivity contribution in [1.29, 1.82) is 0 Å². The standard InChI is InChI=1S/C52H87N2O6P/c1-6-8-10-12-14-16-17-18-19-20-21-22-23-24-25-26-27-28-29-30-31-32-33-34-35-36-37-38-40-42-44-46-52(56)53-50(49-60-61(57,58)59-48-47-54(3,4)5)51(55)45-43-41-39-15-13-11-9-7-2/h8,10,13-16,18-19,21-22,24-25,27-28,30-31,33-34,43,45,50-51,55H,6-7,9,11-12,17,20,23,26,29,32,35-42,44,46-49H2,1-5H3,(H-,53,56,57,58)/p+1/b10-8-,15-13+,16-14-,19-18-,22-21-,25-24-,28-27-,31-30-,34-33-,45-43+. The van der Waals surface area contributed by atoms with E-state index in [-0.39, 0.29) is 19.1 Å². The number of carbonyl (C=O) groups excluding carboxylic acids is 1. The van der Waals surface area contributed by atoms with Gasteiger partial charge in [-0.2, -0.15) is 0 Å². The Morgan fingerprint density at radius 1 is 0.574 bits per heavy atom. The topological polar surface area (TPSA) is 105 Å². The van der Waals surface area contributed by atoms with Crippen molar-refractivity contribution in [2.24, 2.45) is 0 Å². The highest BCUT2D eigenvalue weighted by molar-refractivity contribution is 7.47. The summed E-state index contributed by atoms with van der Waals surface area (Å²) in [5.41, 5.74) is 0. The van der Waals surface area contributed by atoms with Crippen LogP contribution in [0.25, 0.3) is 0 Å². The molecule has 3 atom stereocenters. The van der Waals surface area contributed by atoms with E-state index in [1.807, 2.05) is 27.2 Å². The van der Waals surface area contributed by atoms with Gasteiger partial charge < -0.3 is 19.8 Å². The molecule has 61 heavy (non-hydrogen) atoms. The number of phosphoric ester groups is 1. The lowest BCUT2D eigenvalue weighted by Gasteiger charge is -2.25. The summed E-state index contributed by atoms with van der Waals surface area (Å²) in [6, 6.07) is -0.877. The second kappa shape index (κ2) is 42.2. The van der Waals surface area contributed by atoms with Gasteiger partial charge in [-0.25, -0.2) is 4.57 Å². The van der Waals surface area contributed by atoms with Gasteiger partial charge in [-0.3, -0.25) is 13.8 Å². The fourth-order valence-electron chi connectivity index (χ4n) is 5.70. The number of nitrogens with zero attached hydrogens (tertiary/aromatic N) is 1. The van der Waals surface area contributed by atoms with Crippen LogP contribution >= 0.6 is 7.82 Å². The first-order valence-electron chi connectivity index (χ1n) is 23.4. The third-order valence-electron chi connectivity index (χ3n) is 9.42. The van der Waals surface area contributed by atoms with E-state index in [0.29, 0.717) is 17.4 Å². The molecule has 0 spiro atoms. The second-order valence-corrected chi connectivity index (χ2v) is 17.8. The second-order valence-electron chi connectivity index (χ2n) is 16.4. The minimum absolute atomic E-state index is 0.0453. The average molecular weight is 868 g/mol. The van der Waals surface area contributed by atoms with Crippen LogP contribution in [-0.4, -0.2) is 73.4 Å².